The Labute approximate surface area is 91.8 Å². The molecule has 0 bridgehead atoms. The maximum atomic E-state index is 11.7. The Morgan fingerprint density at radius 2 is 2.27 bits per heavy atom. The first kappa shape index (κ1) is 11.8. The van der Waals surface area contributed by atoms with E-state index in [2.05, 4.69) is 11.9 Å². The number of rotatable bonds is 5. The summed E-state index contributed by atoms with van der Waals surface area (Å²) >= 11 is 0. The van der Waals surface area contributed by atoms with E-state index in [0.29, 0.717) is 12.5 Å². The summed E-state index contributed by atoms with van der Waals surface area (Å²) in [7, 11) is 1.84. The van der Waals surface area contributed by atoms with Gasteiger partial charge in [-0.1, -0.05) is 13.5 Å². The Kier molecular flexibility index (Phi) is 4.40. The minimum atomic E-state index is 0.189. The number of carbonyl (C=O) groups excluding carboxylic acids is 1. The molecule has 1 aliphatic carbocycles. The first-order chi connectivity index (χ1) is 7.22. The molecule has 0 aliphatic heterocycles. The molecule has 0 aromatic rings. The average Bonchev–Trinajstić information content (AvgIpc) is 2.20. The standard InChI is InChI=1S/C12H20N2O/c1-4-10(13-3)9-14(12(15)5-2)11-7-6-8-11/h4,9,11,13H,1,5-8H2,2-3H3/b10-9+. The van der Waals surface area contributed by atoms with E-state index < -0.39 is 0 Å². The molecule has 0 spiro atoms. The highest BCUT2D eigenvalue weighted by atomic mass is 16.2. The molecule has 0 aromatic carbocycles. The van der Waals surface area contributed by atoms with E-state index in [0.717, 1.165) is 18.5 Å². The zero-order valence-electron chi connectivity index (χ0n) is 9.62. The van der Waals surface area contributed by atoms with Crippen LogP contribution in [0, 0.1) is 0 Å². The van der Waals surface area contributed by atoms with Gasteiger partial charge in [0, 0.05) is 31.4 Å². The smallest absolute Gasteiger partial charge is 0.226 e. The first-order valence-electron chi connectivity index (χ1n) is 5.56. The molecule has 0 unspecified atom stereocenters. The van der Waals surface area contributed by atoms with Crippen LogP contribution in [-0.4, -0.2) is 23.9 Å². The molecule has 1 aliphatic rings. The minimum Gasteiger partial charge on any atom is -0.387 e. The van der Waals surface area contributed by atoms with Crippen molar-refractivity contribution in [3.05, 3.63) is 24.6 Å². The summed E-state index contributed by atoms with van der Waals surface area (Å²) in [5.74, 6) is 0.189. The summed E-state index contributed by atoms with van der Waals surface area (Å²) in [6.07, 6.45) is 7.64. The van der Waals surface area contributed by atoms with Gasteiger partial charge in [-0.3, -0.25) is 4.79 Å². The highest BCUT2D eigenvalue weighted by Gasteiger charge is 2.26. The van der Waals surface area contributed by atoms with Gasteiger partial charge in [0.05, 0.1) is 0 Å². The van der Waals surface area contributed by atoms with Crippen LogP contribution in [0.25, 0.3) is 0 Å². The van der Waals surface area contributed by atoms with Crippen molar-refractivity contribution in [1.29, 1.82) is 0 Å². The Morgan fingerprint density at radius 1 is 1.60 bits per heavy atom. The fourth-order valence-corrected chi connectivity index (χ4v) is 1.60. The summed E-state index contributed by atoms with van der Waals surface area (Å²) in [6, 6.07) is 0.403. The number of allylic oxidation sites excluding steroid dienone is 1. The third-order valence-electron chi connectivity index (χ3n) is 2.85. The van der Waals surface area contributed by atoms with Crippen molar-refractivity contribution in [2.24, 2.45) is 0 Å². The lowest BCUT2D eigenvalue weighted by Crippen LogP contribution is -2.40. The van der Waals surface area contributed by atoms with Crippen molar-refractivity contribution in [3.63, 3.8) is 0 Å². The van der Waals surface area contributed by atoms with Crippen molar-refractivity contribution in [2.45, 2.75) is 38.6 Å². The number of hydrogen-bond acceptors (Lipinski definition) is 2. The molecule has 0 saturated heterocycles. The second-order valence-corrected chi connectivity index (χ2v) is 3.78. The largest absolute Gasteiger partial charge is 0.387 e. The van der Waals surface area contributed by atoms with Crippen LogP contribution in [0.15, 0.2) is 24.6 Å². The summed E-state index contributed by atoms with van der Waals surface area (Å²) in [6.45, 7) is 5.60. The maximum absolute atomic E-state index is 11.7. The summed E-state index contributed by atoms with van der Waals surface area (Å²) in [4.78, 5) is 13.6. The van der Waals surface area contributed by atoms with Crippen molar-refractivity contribution < 1.29 is 4.79 Å². The highest BCUT2D eigenvalue weighted by Crippen LogP contribution is 2.26. The molecule has 1 amide bonds. The van der Waals surface area contributed by atoms with Gasteiger partial charge in [0.25, 0.3) is 0 Å². The predicted molar refractivity (Wildman–Crippen MR) is 62.1 cm³/mol. The Balaban J connectivity index is 2.75. The average molecular weight is 208 g/mol. The molecular weight excluding hydrogens is 188 g/mol. The number of amides is 1. The van der Waals surface area contributed by atoms with E-state index in [1.54, 1.807) is 6.08 Å². The van der Waals surface area contributed by atoms with Gasteiger partial charge in [0.2, 0.25) is 5.91 Å². The van der Waals surface area contributed by atoms with Crippen LogP contribution in [-0.2, 0) is 4.79 Å². The molecular formula is C12H20N2O. The van der Waals surface area contributed by atoms with Gasteiger partial charge in [-0.25, -0.2) is 0 Å². The normalized spacial score (nSPS) is 16.8. The Hall–Kier alpha value is -1.25. The number of nitrogens with one attached hydrogen (secondary N) is 1. The number of hydrogen-bond donors (Lipinski definition) is 1. The van der Waals surface area contributed by atoms with E-state index in [1.165, 1.54) is 6.42 Å². The van der Waals surface area contributed by atoms with Gasteiger partial charge in [-0.15, -0.1) is 0 Å². The van der Waals surface area contributed by atoms with Crippen LogP contribution < -0.4 is 5.32 Å². The molecule has 0 radical (unpaired) electrons. The van der Waals surface area contributed by atoms with Gasteiger partial charge < -0.3 is 10.2 Å². The number of likely N-dealkylation sites (N-methyl/N-ethyl adjacent to an activating group) is 1. The third kappa shape index (κ3) is 2.85. The second kappa shape index (κ2) is 5.59. The van der Waals surface area contributed by atoms with E-state index in [9.17, 15) is 4.79 Å². The number of carbonyl (C=O) groups is 1. The molecule has 1 fully saturated rings. The predicted octanol–water partition coefficient (Wildman–Crippen LogP) is 2.02. The van der Waals surface area contributed by atoms with Gasteiger partial charge in [0.15, 0.2) is 0 Å². The minimum absolute atomic E-state index is 0.189. The fraction of sp³-hybridized carbons (Fsp3) is 0.583. The van der Waals surface area contributed by atoms with Crippen molar-refractivity contribution in [2.75, 3.05) is 7.05 Å². The molecule has 0 heterocycles. The molecule has 3 heteroatoms. The lowest BCUT2D eigenvalue weighted by atomic mass is 9.91. The lowest BCUT2D eigenvalue weighted by Gasteiger charge is -2.35. The topological polar surface area (TPSA) is 32.3 Å². The van der Waals surface area contributed by atoms with Crippen LogP contribution in [0.2, 0.25) is 0 Å². The summed E-state index contributed by atoms with van der Waals surface area (Å²) in [5.41, 5.74) is 0.892. The maximum Gasteiger partial charge on any atom is 0.226 e. The molecule has 3 nitrogen and oxygen atoms in total. The third-order valence-corrected chi connectivity index (χ3v) is 2.85. The summed E-state index contributed by atoms with van der Waals surface area (Å²) < 4.78 is 0. The van der Waals surface area contributed by atoms with E-state index in [4.69, 9.17) is 0 Å². The van der Waals surface area contributed by atoms with Crippen molar-refractivity contribution in [3.8, 4) is 0 Å². The van der Waals surface area contributed by atoms with Crippen LogP contribution in [0.5, 0.6) is 0 Å². The van der Waals surface area contributed by atoms with Crippen LogP contribution >= 0.6 is 0 Å². The first-order valence-corrected chi connectivity index (χ1v) is 5.56. The van der Waals surface area contributed by atoms with Gasteiger partial charge in [-0.05, 0) is 25.3 Å². The summed E-state index contributed by atoms with van der Waals surface area (Å²) in [5, 5.41) is 3.01. The van der Waals surface area contributed by atoms with Crippen molar-refractivity contribution in [1.82, 2.24) is 10.2 Å². The fourth-order valence-electron chi connectivity index (χ4n) is 1.60. The lowest BCUT2D eigenvalue weighted by molar-refractivity contribution is -0.131. The van der Waals surface area contributed by atoms with Crippen molar-refractivity contribution >= 4 is 5.91 Å². The molecule has 1 saturated carbocycles. The zero-order chi connectivity index (χ0) is 11.3. The SMILES string of the molecule is C=C/C(=C\N(C(=O)CC)C1CCC1)NC. The molecule has 84 valence electrons. The molecule has 1 N–H and O–H groups in total. The van der Waals surface area contributed by atoms with Crippen LogP contribution in [0.1, 0.15) is 32.6 Å². The zero-order valence-corrected chi connectivity index (χ0v) is 9.62. The van der Waals surface area contributed by atoms with Crippen LogP contribution in [0.4, 0.5) is 0 Å². The number of nitrogens with zero attached hydrogens (tertiary/aromatic N) is 1. The van der Waals surface area contributed by atoms with E-state index >= 15 is 0 Å². The van der Waals surface area contributed by atoms with E-state index in [1.807, 2.05) is 25.1 Å². The molecule has 1 rings (SSSR count). The van der Waals surface area contributed by atoms with Crippen LogP contribution in [0.3, 0.4) is 0 Å². The van der Waals surface area contributed by atoms with Gasteiger partial charge >= 0.3 is 0 Å². The van der Waals surface area contributed by atoms with Gasteiger partial charge in [-0.2, -0.15) is 0 Å². The monoisotopic (exact) mass is 208 g/mol. The Bertz CT molecular complexity index is 267. The molecule has 15 heavy (non-hydrogen) atoms. The highest BCUT2D eigenvalue weighted by molar-refractivity contribution is 5.77. The quantitative estimate of drug-likeness (QED) is 0.701. The van der Waals surface area contributed by atoms with Gasteiger partial charge in [0.1, 0.15) is 0 Å². The Morgan fingerprint density at radius 3 is 2.60 bits per heavy atom. The molecule has 0 atom stereocenters. The van der Waals surface area contributed by atoms with E-state index in [-0.39, 0.29) is 5.91 Å². The molecule has 0 aromatic heterocycles. The second-order valence-electron chi connectivity index (χ2n) is 3.78.